The lowest BCUT2D eigenvalue weighted by Crippen LogP contribution is -2.22. The molecule has 0 amide bonds. The number of cyclic esters (lactones) is 4. The Morgan fingerprint density at radius 2 is 0.673 bits per heavy atom. The van der Waals surface area contributed by atoms with Gasteiger partial charge in [-0.25, -0.2) is 39.1 Å². The van der Waals surface area contributed by atoms with Crippen LogP contribution in [-0.2, 0) is 38.1 Å². The number of anilines is 1. The summed E-state index contributed by atoms with van der Waals surface area (Å²) in [4.78, 5) is 85.0. The Balaban J connectivity index is 0.000000165. The summed E-state index contributed by atoms with van der Waals surface area (Å²) in [5, 5.41) is 31.2. The molecule has 12 rings (SSSR count). The summed E-state index contributed by atoms with van der Waals surface area (Å²) in [6.07, 6.45) is 0. The zero-order chi connectivity index (χ0) is 74.4. The van der Waals surface area contributed by atoms with Gasteiger partial charge in [0.1, 0.15) is 38.9 Å². The van der Waals surface area contributed by atoms with E-state index in [9.17, 15) is 44.5 Å². The number of aliphatic hydroxyl groups is 1. The topological polar surface area (TPSA) is 317 Å². The molecule has 3 N–H and O–H groups in total. The molecule has 0 fully saturated rings. The monoisotopic (exact) mass is 1390 g/mol. The largest absolute Gasteiger partial charge is 0.502 e. The summed E-state index contributed by atoms with van der Waals surface area (Å²) in [6, 6.07) is 43.6. The Hall–Kier alpha value is -11.6. The summed E-state index contributed by atoms with van der Waals surface area (Å²) in [5.41, 5.74) is 16.8. The summed E-state index contributed by atoms with van der Waals surface area (Å²) in [5.74, 6) is -1.26. The highest BCUT2D eigenvalue weighted by Gasteiger charge is 2.46. The van der Waals surface area contributed by atoms with Crippen LogP contribution in [0.3, 0.4) is 0 Å². The molecule has 4 aromatic carbocycles. The van der Waals surface area contributed by atoms with Gasteiger partial charge >= 0.3 is 23.9 Å². The Morgan fingerprint density at radius 3 is 0.980 bits per heavy atom. The average Bonchev–Trinajstić information content (AvgIpc) is 1.66. The SMILES string of the molecule is Cc1ccc(C2=C(O)C(=O)OC2(C)C)cc1.Cc1ccc(C2=C(Oc3ccc(C)c(C)n3)C(=O)OC2(C)C)cc1.Cc1ccc(C2=C(Oc3ccc(N)c(C)n3)C(=O)OC2(C)C)cc1.Cc1ccc(C2=C(Oc3ccc([N+](=O)[O-])c(C)n3)C(=O)OC2(C)C)cc1.Cc1nc(Cl)ccc1[N+](=O)[O-]. The van der Waals surface area contributed by atoms with Crippen LogP contribution >= 0.6 is 11.6 Å². The molecule has 101 heavy (non-hydrogen) atoms. The van der Waals surface area contributed by atoms with Gasteiger partial charge < -0.3 is 44.0 Å². The van der Waals surface area contributed by atoms with Gasteiger partial charge in [0.15, 0.2) is 0 Å². The van der Waals surface area contributed by atoms with Gasteiger partial charge in [0.05, 0.1) is 43.5 Å². The maximum Gasteiger partial charge on any atom is 0.375 e. The first-order valence-electron chi connectivity index (χ1n) is 31.8. The van der Waals surface area contributed by atoms with Gasteiger partial charge in [-0.2, -0.15) is 0 Å². The van der Waals surface area contributed by atoms with Gasteiger partial charge in [-0.05, 0) is 158 Å². The molecule has 0 saturated heterocycles. The Labute approximate surface area is 589 Å². The third-order valence-corrected chi connectivity index (χ3v) is 16.5. The average molecular weight is 1390 g/mol. The number of aromatic nitrogens is 4. The molecule has 0 saturated carbocycles. The highest BCUT2D eigenvalue weighted by molar-refractivity contribution is 6.29. The van der Waals surface area contributed by atoms with E-state index in [0.29, 0.717) is 45.6 Å². The molecule has 23 nitrogen and oxygen atoms in total. The Morgan fingerprint density at radius 1 is 0.386 bits per heavy atom. The second kappa shape index (κ2) is 30.3. The molecule has 0 aliphatic carbocycles. The van der Waals surface area contributed by atoms with E-state index in [4.69, 9.17) is 50.5 Å². The van der Waals surface area contributed by atoms with Crippen molar-refractivity contribution in [3.8, 4) is 17.6 Å². The normalized spacial score (nSPS) is 15.8. The number of nitrogens with zero attached hydrogens (tertiary/aromatic N) is 6. The molecule has 0 radical (unpaired) electrons. The van der Waals surface area contributed by atoms with Crippen LogP contribution in [0.4, 0.5) is 17.1 Å². The molecule has 524 valence electrons. The van der Waals surface area contributed by atoms with Crippen LogP contribution in [0, 0.1) is 82.5 Å². The van der Waals surface area contributed by atoms with Gasteiger partial charge in [-0.3, -0.25) is 20.2 Å². The number of esters is 4. The number of nitro groups is 2. The molecule has 4 aliphatic rings. The van der Waals surface area contributed by atoms with Crippen molar-refractivity contribution in [3.63, 3.8) is 0 Å². The number of pyridine rings is 4. The van der Waals surface area contributed by atoms with Crippen LogP contribution in [0.1, 0.15) is 128 Å². The van der Waals surface area contributed by atoms with Crippen molar-refractivity contribution in [1.29, 1.82) is 0 Å². The fraction of sp³-hybridized carbons (Fsp3) is 0.273. The lowest BCUT2D eigenvalue weighted by atomic mass is 9.91. The first kappa shape index (κ1) is 75.2. The van der Waals surface area contributed by atoms with E-state index < -0.39 is 56.1 Å². The van der Waals surface area contributed by atoms with E-state index >= 15 is 0 Å². The van der Waals surface area contributed by atoms with E-state index in [2.05, 4.69) is 19.9 Å². The molecule has 4 aromatic heterocycles. The number of halogens is 1. The smallest absolute Gasteiger partial charge is 0.375 e. The number of hydrogen-bond donors (Lipinski definition) is 2. The van der Waals surface area contributed by atoms with Crippen LogP contribution in [-0.4, -0.2) is 81.2 Å². The van der Waals surface area contributed by atoms with Gasteiger partial charge in [0.2, 0.25) is 40.7 Å². The molecule has 8 heterocycles. The predicted octanol–water partition coefficient (Wildman–Crippen LogP) is 15.8. The number of ether oxygens (including phenoxy) is 7. The fourth-order valence-corrected chi connectivity index (χ4v) is 11.2. The second-order valence-corrected chi connectivity index (χ2v) is 26.5. The number of aliphatic hydroxyl groups excluding tert-OH is 1. The van der Waals surface area contributed by atoms with E-state index in [0.717, 1.165) is 61.3 Å². The summed E-state index contributed by atoms with van der Waals surface area (Å²) >= 11 is 5.49. The molecule has 8 aromatic rings. The minimum Gasteiger partial charge on any atom is -0.502 e. The minimum atomic E-state index is -0.864. The maximum absolute atomic E-state index is 12.4. The first-order valence-corrected chi connectivity index (χ1v) is 32.1. The molecule has 0 bridgehead atoms. The van der Waals surface area contributed by atoms with Gasteiger partial charge in [0.25, 0.3) is 11.4 Å². The van der Waals surface area contributed by atoms with Crippen LogP contribution in [0.2, 0.25) is 5.15 Å². The second-order valence-electron chi connectivity index (χ2n) is 26.1. The van der Waals surface area contributed by atoms with E-state index in [-0.39, 0.29) is 51.1 Å². The van der Waals surface area contributed by atoms with Crippen molar-refractivity contribution in [1.82, 2.24) is 19.9 Å². The molecule has 0 atom stereocenters. The Bertz CT molecular complexity index is 4570. The van der Waals surface area contributed by atoms with E-state index in [1.807, 2.05) is 172 Å². The van der Waals surface area contributed by atoms with Crippen LogP contribution in [0.5, 0.6) is 17.6 Å². The molecular weight excluding hydrogens is 1310 g/mol. The summed E-state index contributed by atoms with van der Waals surface area (Å²) in [7, 11) is 0. The summed E-state index contributed by atoms with van der Waals surface area (Å²) in [6.45, 7) is 31.3. The number of hydrogen-bond acceptors (Lipinski definition) is 21. The number of rotatable bonds is 12. The van der Waals surface area contributed by atoms with Crippen molar-refractivity contribution in [3.05, 3.63) is 267 Å². The molecule has 24 heteroatoms. The van der Waals surface area contributed by atoms with Crippen LogP contribution < -0.4 is 19.9 Å². The minimum absolute atomic E-state index is 0.00519. The van der Waals surface area contributed by atoms with Crippen molar-refractivity contribution >= 4 is 74.8 Å². The molecular formula is C77H78ClN7O16. The number of carbonyl (C=O) groups excluding carboxylic acids is 4. The molecule has 0 unspecified atom stereocenters. The molecule has 4 aliphatic heterocycles. The number of nitrogen functional groups attached to an aromatic ring is 1. The van der Waals surface area contributed by atoms with Crippen molar-refractivity contribution < 1.29 is 67.3 Å². The fourth-order valence-electron chi connectivity index (χ4n) is 11.0. The van der Waals surface area contributed by atoms with Crippen molar-refractivity contribution in [2.75, 3.05) is 5.73 Å². The lowest BCUT2D eigenvalue weighted by Gasteiger charge is -2.21. The standard InChI is InChI=1S/C20H21NO3.C19H18N2O5.C19H20N2O3.C13H14O3.C6H5ClN2O2/c1-12-6-9-15(10-7-12)17-18(19(22)24-20(17,4)5)23-16-11-8-13(2)14(3)21-16;1-11-5-7-13(8-6-11)16-17(18(22)26-19(16,3)4)25-15-10-9-14(21(23)24)12(2)20-15;1-11-5-7-13(8-6-11)16-17(18(22)24-19(16,3)4)23-15-10-9-14(20)12(2)21-15;1-8-4-6-9(7-5-8)10-11(14)12(15)16-13(10,2)3;1-4-5(9(10)11)2-3-6(7)8-4/h6-11H,1-5H3;5-10H,1-4H3;5-10H,20H2,1-4H3;4-7,14H,1-3H3;2-3H,1H3. The van der Waals surface area contributed by atoms with Crippen molar-refractivity contribution in [2.45, 2.75) is 140 Å². The van der Waals surface area contributed by atoms with E-state index in [1.165, 1.54) is 31.2 Å². The highest BCUT2D eigenvalue weighted by Crippen LogP contribution is 2.44. The van der Waals surface area contributed by atoms with Gasteiger partial charge in [-0.1, -0.05) is 137 Å². The number of benzene rings is 4. The highest BCUT2D eigenvalue weighted by atomic mass is 35.5. The van der Waals surface area contributed by atoms with Crippen LogP contribution in [0.15, 0.2) is 169 Å². The maximum atomic E-state index is 12.4. The summed E-state index contributed by atoms with van der Waals surface area (Å²) < 4.78 is 38.9. The number of nitrogens with two attached hydrogens (primary N) is 1. The Kier molecular flexibility index (Phi) is 22.5. The third kappa shape index (κ3) is 17.8. The van der Waals surface area contributed by atoms with Gasteiger partial charge in [0, 0.05) is 36.0 Å². The van der Waals surface area contributed by atoms with Gasteiger partial charge in [-0.15, -0.1) is 0 Å². The quantitative estimate of drug-likeness (QED) is 0.0377. The number of aryl methyl sites for hydroxylation is 9. The first-order chi connectivity index (χ1) is 47.3. The molecule has 0 spiro atoms. The third-order valence-electron chi connectivity index (χ3n) is 16.3. The zero-order valence-electron chi connectivity index (χ0n) is 59.1. The number of carbonyl (C=O) groups is 4. The van der Waals surface area contributed by atoms with Crippen LogP contribution in [0.25, 0.3) is 22.3 Å². The predicted molar refractivity (Wildman–Crippen MR) is 381 cm³/mol. The van der Waals surface area contributed by atoms with E-state index in [1.54, 1.807) is 59.7 Å². The van der Waals surface area contributed by atoms with Crippen molar-refractivity contribution in [2.24, 2.45) is 0 Å². The lowest BCUT2D eigenvalue weighted by molar-refractivity contribution is -0.385. The zero-order valence-corrected chi connectivity index (χ0v) is 59.8.